The van der Waals surface area contributed by atoms with E-state index in [0.29, 0.717) is 0 Å². The molecule has 3 nitrogen and oxygen atoms in total. The van der Waals surface area contributed by atoms with Crippen LogP contribution in [0, 0.1) is 5.92 Å². The van der Waals surface area contributed by atoms with Crippen LogP contribution in [0.3, 0.4) is 0 Å². The molecule has 0 saturated heterocycles. The number of carbonyl (C=O) groups excluding carboxylic acids is 1. The summed E-state index contributed by atoms with van der Waals surface area (Å²) in [7, 11) is 0. The van der Waals surface area contributed by atoms with E-state index in [1.165, 1.54) is 44.1 Å². The third kappa shape index (κ3) is 3.85. The topological polar surface area (TPSA) is 55.1 Å². The molecule has 4 heteroatoms. The lowest BCUT2D eigenvalue weighted by Gasteiger charge is -2.20. The number of carbonyl (C=O) groups is 1. The first kappa shape index (κ1) is 9.71. The predicted molar refractivity (Wildman–Crippen MR) is 51.8 cm³/mol. The zero-order valence-electron chi connectivity index (χ0n) is 7.21. The van der Waals surface area contributed by atoms with Gasteiger partial charge < -0.3 is 5.73 Å². The molecule has 0 spiro atoms. The average molecular weight is 188 g/mol. The van der Waals surface area contributed by atoms with Gasteiger partial charge in [0.1, 0.15) is 0 Å². The van der Waals surface area contributed by atoms with Crippen LogP contribution in [0.25, 0.3) is 0 Å². The van der Waals surface area contributed by atoms with Crippen LogP contribution in [0.5, 0.6) is 0 Å². The number of urea groups is 1. The average Bonchev–Trinajstić information content (AvgIpc) is 2.05. The molecule has 0 aromatic heterocycles. The number of nitrogens with two attached hydrogens (primary N) is 1. The minimum absolute atomic E-state index is 0.434. The van der Waals surface area contributed by atoms with Crippen LogP contribution in [0.15, 0.2) is 0 Å². The van der Waals surface area contributed by atoms with Crippen molar-refractivity contribution in [3.05, 3.63) is 0 Å². The Labute approximate surface area is 77.6 Å². The van der Waals surface area contributed by atoms with Gasteiger partial charge in [-0.15, -0.1) is 0 Å². The molecular weight excluding hydrogens is 172 g/mol. The molecule has 1 aliphatic rings. The van der Waals surface area contributed by atoms with Gasteiger partial charge in [0, 0.05) is 5.75 Å². The van der Waals surface area contributed by atoms with Gasteiger partial charge in [-0.25, -0.2) is 4.79 Å². The van der Waals surface area contributed by atoms with E-state index >= 15 is 0 Å². The Kier molecular flexibility index (Phi) is 4.29. The number of nitrogens with one attached hydrogen (secondary N) is 1. The van der Waals surface area contributed by atoms with Crippen molar-refractivity contribution in [1.82, 2.24) is 4.72 Å². The lowest BCUT2D eigenvalue weighted by Crippen LogP contribution is -2.24. The van der Waals surface area contributed by atoms with Crippen molar-refractivity contribution >= 4 is 18.0 Å². The van der Waals surface area contributed by atoms with Gasteiger partial charge >= 0.3 is 6.03 Å². The molecule has 0 radical (unpaired) electrons. The van der Waals surface area contributed by atoms with Gasteiger partial charge in [-0.3, -0.25) is 4.72 Å². The summed E-state index contributed by atoms with van der Waals surface area (Å²) in [5.74, 6) is 1.80. The summed E-state index contributed by atoms with van der Waals surface area (Å²) in [5, 5.41) is 0. The molecule has 0 aromatic carbocycles. The molecule has 0 unspecified atom stereocenters. The number of hydrogen-bond donors (Lipinski definition) is 2. The minimum atomic E-state index is -0.434. The lowest BCUT2D eigenvalue weighted by molar-refractivity contribution is 0.254. The molecule has 0 bridgehead atoms. The van der Waals surface area contributed by atoms with Crippen molar-refractivity contribution in [3.63, 3.8) is 0 Å². The Hall–Kier alpha value is -0.380. The highest BCUT2D eigenvalue weighted by atomic mass is 32.2. The first-order chi connectivity index (χ1) is 5.79. The van der Waals surface area contributed by atoms with Crippen LogP contribution in [0.2, 0.25) is 0 Å². The van der Waals surface area contributed by atoms with E-state index in [-0.39, 0.29) is 0 Å². The van der Waals surface area contributed by atoms with Crippen molar-refractivity contribution in [2.24, 2.45) is 11.7 Å². The fourth-order valence-corrected chi connectivity index (χ4v) is 2.38. The van der Waals surface area contributed by atoms with E-state index < -0.39 is 6.03 Å². The zero-order valence-corrected chi connectivity index (χ0v) is 8.03. The summed E-state index contributed by atoms with van der Waals surface area (Å²) in [5.41, 5.74) is 4.94. The van der Waals surface area contributed by atoms with Crippen LogP contribution < -0.4 is 10.5 Å². The van der Waals surface area contributed by atoms with Crippen LogP contribution in [-0.4, -0.2) is 11.8 Å². The summed E-state index contributed by atoms with van der Waals surface area (Å²) in [6.45, 7) is 0. The Morgan fingerprint density at radius 3 is 2.67 bits per heavy atom. The largest absolute Gasteiger partial charge is 0.351 e. The first-order valence-corrected chi connectivity index (χ1v) is 5.45. The normalized spacial score (nSPS) is 19.0. The Morgan fingerprint density at radius 1 is 1.42 bits per heavy atom. The second-order valence-electron chi connectivity index (χ2n) is 3.28. The zero-order chi connectivity index (χ0) is 8.81. The smallest absolute Gasteiger partial charge is 0.322 e. The molecule has 1 rings (SSSR count). The van der Waals surface area contributed by atoms with Crippen molar-refractivity contribution < 1.29 is 4.79 Å². The van der Waals surface area contributed by atoms with Gasteiger partial charge in [0.2, 0.25) is 0 Å². The number of primary amides is 1. The van der Waals surface area contributed by atoms with Gasteiger partial charge in [0.25, 0.3) is 0 Å². The van der Waals surface area contributed by atoms with Crippen molar-refractivity contribution in [2.75, 3.05) is 5.75 Å². The lowest BCUT2D eigenvalue weighted by atomic mass is 9.91. The molecule has 1 saturated carbocycles. The molecule has 1 aliphatic carbocycles. The quantitative estimate of drug-likeness (QED) is 0.664. The standard InChI is InChI=1S/C8H16N2OS/c9-8(11)10-12-6-7-4-2-1-3-5-7/h7H,1-6H2,(H3,9,10,11). The van der Waals surface area contributed by atoms with Crippen molar-refractivity contribution in [2.45, 2.75) is 32.1 Å². The third-order valence-electron chi connectivity index (χ3n) is 2.22. The molecule has 0 heterocycles. The Morgan fingerprint density at radius 2 is 2.08 bits per heavy atom. The minimum Gasteiger partial charge on any atom is -0.351 e. The van der Waals surface area contributed by atoms with Gasteiger partial charge in [-0.1, -0.05) is 19.3 Å². The monoisotopic (exact) mass is 188 g/mol. The van der Waals surface area contributed by atoms with E-state index in [1.807, 2.05) is 0 Å². The number of rotatable bonds is 3. The second-order valence-corrected chi connectivity index (χ2v) is 4.11. The molecular formula is C8H16N2OS. The van der Waals surface area contributed by atoms with Gasteiger partial charge in [-0.05, 0) is 30.7 Å². The third-order valence-corrected chi connectivity index (χ3v) is 3.20. The predicted octanol–water partition coefficient (Wildman–Crippen LogP) is 1.88. The van der Waals surface area contributed by atoms with E-state index in [9.17, 15) is 4.79 Å². The van der Waals surface area contributed by atoms with Crippen LogP contribution >= 0.6 is 11.9 Å². The molecule has 0 atom stereocenters. The maximum absolute atomic E-state index is 10.3. The van der Waals surface area contributed by atoms with E-state index in [4.69, 9.17) is 5.73 Å². The van der Waals surface area contributed by atoms with Crippen LogP contribution in [0.4, 0.5) is 4.79 Å². The summed E-state index contributed by atoms with van der Waals surface area (Å²) < 4.78 is 2.55. The van der Waals surface area contributed by atoms with Gasteiger partial charge in [0.15, 0.2) is 0 Å². The molecule has 70 valence electrons. The van der Waals surface area contributed by atoms with E-state index in [2.05, 4.69) is 4.72 Å². The first-order valence-electron chi connectivity index (χ1n) is 4.46. The Balaban J connectivity index is 2.01. The van der Waals surface area contributed by atoms with Crippen LogP contribution in [-0.2, 0) is 0 Å². The molecule has 1 fully saturated rings. The highest BCUT2D eigenvalue weighted by Crippen LogP contribution is 2.25. The fraction of sp³-hybridized carbons (Fsp3) is 0.875. The fourth-order valence-electron chi connectivity index (χ4n) is 1.58. The molecule has 2 amide bonds. The summed E-state index contributed by atoms with van der Waals surface area (Å²) in [6.07, 6.45) is 6.70. The Bertz CT molecular complexity index is 146. The summed E-state index contributed by atoms with van der Waals surface area (Å²) in [6, 6.07) is -0.434. The summed E-state index contributed by atoms with van der Waals surface area (Å²) >= 11 is 1.44. The van der Waals surface area contributed by atoms with Crippen molar-refractivity contribution in [1.29, 1.82) is 0 Å². The maximum Gasteiger partial charge on any atom is 0.322 e. The summed E-state index contributed by atoms with van der Waals surface area (Å²) in [4.78, 5) is 10.3. The van der Waals surface area contributed by atoms with E-state index in [1.54, 1.807) is 0 Å². The number of amides is 2. The highest BCUT2D eigenvalue weighted by molar-refractivity contribution is 7.97. The van der Waals surface area contributed by atoms with Gasteiger partial charge in [-0.2, -0.15) is 0 Å². The number of hydrogen-bond acceptors (Lipinski definition) is 2. The molecule has 3 N–H and O–H groups in total. The van der Waals surface area contributed by atoms with Gasteiger partial charge in [0.05, 0.1) is 0 Å². The van der Waals surface area contributed by atoms with Crippen LogP contribution in [0.1, 0.15) is 32.1 Å². The highest BCUT2D eigenvalue weighted by Gasteiger charge is 2.13. The second kappa shape index (κ2) is 5.30. The van der Waals surface area contributed by atoms with Crippen molar-refractivity contribution in [3.8, 4) is 0 Å². The van der Waals surface area contributed by atoms with E-state index in [0.717, 1.165) is 11.7 Å². The molecule has 0 aliphatic heterocycles. The molecule has 0 aromatic rings. The SMILES string of the molecule is NC(=O)NSCC1CCCCC1. The maximum atomic E-state index is 10.3. The molecule has 12 heavy (non-hydrogen) atoms.